The van der Waals surface area contributed by atoms with Crippen molar-refractivity contribution >= 4 is 34.7 Å². The first-order valence-corrected chi connectivity index (χ1v) is 8.03. The predicted octanol–water partition coefficient (Wildman–Crippen LogP) is 4.41. The fraction of sp³-hybridized carbons (Fsp3) is 0.0556. The molecule has 2 aromatic carbocycles. The number of halogens is 3. The third kappa shape index (κ3) is 4.48. The average molecular weight is 391 g/mol. The lowest BCUT2D eigenvalue weighted by molar-refractivity contribution is 0.102. The molecule has 0 fully saturated rings. The summed E-state index contributed by atoms with van der Waals surface area (Å²) in [5.74, 6) is -1.38. The molecule has 1 aromatic heterocycles. The van der Waals surface area contributed by atoms with Gasteiger partial charge in [0.05, 0.1) is 30.2 Å². The van der Waals surface area contributed by atoms with E-state index in [1.165, 1.54) is 19.5 Å². The number of methoxy groups -OCH3 is 1. The van der Waals surface area contributed by atoms with Crippen LogP contribution in [0.4, 0.5) is 26.0 Å². The molecule has 0 saturated carbocycles. The van der Waals surface area contributed by atoms with E-state index in [9.17, 15) is 13.6 Å². The number of carbonyl (C=O) groups excluding carboxylic acids is 1. The lowest BCUT2D eigenvalue weighted by atomic mass is 10.3. The maximum Gasteiger partial charge on any atom is 0.275 e. The summed E-state index contributed by atoms with van der Waals surface area (Å²) >= 11 is 6.05. The van der Waals surface area contributed by atoms with Crippen molar-refractivity contribution in [3.05, 3.63) is 71.1 Å². The molecule has 138 valence electrons. The van der Waals surface area contributed by atoms with Gasteiger partial charge in [0.2, 0.25) is 0 Å². The molecule has 3 aromatic rings. The van der Waals surface area contributed by atoms with E-state index in [0.29, 0.717) is 28.3 Å². The van der Waals surface area contributed by atoms with Gasteiger partial charge in [-0.15, -0.1) is 0 Å². The summed E-state index contributed by atoms with van der Waals surface area (Å²) in [6.07, 6.45) is 2.57. The van der Waals surface area contributed by atoms with Gasteiger partial charge in [0.25, 0.3) is 5.91 Å². The van der Waals surface area contributed by atoms with Gasteiger partial charge in [0, 0.05) is 11.8 Å². The van der Waals surface area contributed by atoms with E-state index in [1.54, 1.807) is 18.2 Å². The van der Waals surface area contributed by atoms with Crippen LogP contribution in [-0.4, -0.2) is 23.0 Å². The van der Waals surface area contributed by atoms with E-state index < -0.39 is 17.5 Å². The van der Waals surface area contributed by atoms with Gasteiger partial charge in [-0.25, -0.2) is 18.7 Å². The molecule has 0 aliphatic heterocycles. The number of carbonyl (C=O) groups is 1. The molecule has 0 atom stereocenters. The quantitative estimate of drug-likeness (QED) is 0.674. The zero-order valence-corrected chi connectivity index (χ0v) is 14.7. The van der Waals surface area contributed by atoms with E-state index in [2.05, 4.69) is 20.6 Å². The van der Waals surface area contributed by atoms with Crippen molar-refractivity contribution < 1.29 is 18.3 Å². The van der Waals surface area contributed by atoms with E-state index in [4.69, 9.17) is 16.3 Å². The van der Waals surface area contributed by atoms with Crippen molar-refractivity contribution in [1.82, 2.24) is 9.97 Å². The first-order valence-electron chi connectivity index (χ1n) is 7.65. The number of benzene rings is 2. The SMILES string of the molecule is COc1ccc(Nc2cnc(C(=O)Nc3ccc(F)cc3F)cn2)cc1Cl. The number of rotatable bonds is 5. The Kier molecular flexibility index (Phi) is 5.46. The van der Waals surface area contributed by atoms with Crippen LogP contribution in [0.1, 0.15) is 10.5 Å². The Morgan fingerprint density at radius 1 is 1.11 bits per heavy atom. The van der Waals surface area contributed by atoms with Crippen LogP contribution in [0, 0.1) is 11.6 Å². The number of anilines is 3. The second-order valence-electron chi connectivity index (χ2n) is 5.34. The van der Waals surface area contributed by atoms with Crippen LogP contribution in [0.25, 0.3) is 0 Å². The van der Waals surface area contributed by atoms with Crippen molar-refractivity contribution in [2.24, 2.45) is 0 Å². The van der Waals surface area contributed by atoms with E-state index in [-0.39, 0.29) is 11.4 Å². The first kappa shape index (κ1) is 18.5. The van der Waals surface area contributed by atoms with Crippen LogP contribution < -0.4 is 15.4 Å². The normalized spacial score (nSPS) is 10.4. The topological polar surface area (TPSA) is 76.1 Å². The summed E-state index contributed by atoms with van der Waals surface area (Å²) in [4.78, 5) is 20.2. The summed E-state index contributed by atoms with van der Waals surface area (Å²) in [5, 5.41) is 5.71. The molecule has 9 heteroatoms. The highest BCUT2D eigenvalue weighted by molar-refractivity contribution is 6.32. The zero-order valence-electron chi connectivity index (χ0n) is 14.0. The van der Waals surface area contributed by atoms with Gasteiger partial charge in [-0.3, -0.25) is 4.79 Å². The summed E-state index contributed by atoms with van der Waals surface area (Å²) in [6, 6.07) is 7.92. The molecular weight excluding hydrogens is 378 g/mol. The Balaban J connectivity index is 1.69. The fourth-order valence-corrected chi connectivity index (χ4v) is 2.44. The van der Waals surface area contributed by atoms with Crippen molar-refractivity contribution in [2.75, 3.05) is 17.7 Å². The second-order valence-corrected chi connectivity index (χ2v) is 5.75. The summed E-state index contributed by atoms with van der Waals surface area (Å²) in [6.45, 7) is 0. The van der Waals surface area contributed by atoms with Gasteiger partial charge in [0.1, 0.15) is 28.9 Å². The minimum absolute atomic E-state index is 0.0305. The van der Waals surface area contributed by atoms with Gasteiger partial charge in [-0.05, 0) is 30.3 Å². The van der Waals surface area contributed by atoms with Crippen LogP contribution >= 0.6 is 11.6 Å². The molecular formula is C18H13ClF2N4O2. The van der Waals surface area contributed by atoms with E-state index in [1.807, 2.05) is 0 Å². The van der Waals surface area contributed by atoms with Crippen LogP contribution in [-0.2, 0) is 0 Å². The number of nitrogens with one attached hydrogen (secondary N) is 2. The lowest BCUT2D eigenvalue weighted by Crippen LogP contribution is -2.15. The molecule has 27 heavy (non-hydrogen) atoms. The minimum Gasteiger partial charge on any atom is -0.495 e. The first-order chi connectivity index (χ1) is 13.0. The van der Waals surface area contributed by atoms with Crippen LogP contribution in [0.15, 0.2) is 48.8 Å². The maximum absolute atomic E-state index is 13.6. The molecule has 0 aliphatic carbocycles. The van der Waals surface area contributed by atoms with E-state index >= 15 is 0 Å². The van der Waals surface area contributed by atoms with Crippen molar-refractivity contribution in [3.63, 3.8) is 0 Å². The lowest BCUT2D eigenvalue weighted by Gasteiger charge is -2.09. The molecule has 0 spiro atoms. The Bertz CT molecular complexity index is 984. The molecule has 0 aliphatic rings. The van der Waals surface area contributed by atoms with Gasteiger partial charge < -0.3 is 15.4 Å². The third-order valence-corrected chi connectivity index (χ3v) is 3.78. The maximum atomic E-state index is 13.6. The minimum atomic E-state index is -0.883. The van der Waals surface area contributed by atoms with Crippen LogP contribution in [0.5, 0.6) is 5.75 Å². The third-order valence-electron chi connectivity index (χ3n) is 3.49. The predicted molar refractivity (Wildman–Crippen MR) is 97.6 cm³/mol. The van der Waals surface area contributed by atoms with Gasteiger partial charge >= 0.3 is 0 Å². The molecule has 3 rings (SSSR count). The average Bonchev–Trinajstić information content (AvgIpc) is 2.65. The van der Waals surface area contributed by atoms with E-state index in [0.717, 1.165) is 12.1 Å². The summed E-state index contributed by atoms with van der Waals surface area (Å²) in [5.41, 5.74) is 0.469. The highest BCUT2D eigenvalue weighted by Gasteiger charge is 2.12. The number of hydrogen-bond donors (Lipinski definition) is 2. The number of nitrogens with zero attached hydrogens (tertiary/aromatic N) is 2. The largest absolute Gasteiger partial charge is 0.495 e. The van der Waals surface area contributed by atoms with Crippen LogP contribution in [0.3, 0.4) is 0 Å². The van der Waals surface area contributed by atoms with Gasteiger partial charge in [-0.2, -0.15) is 0 Å². The zero-order chi connectivity index (χ0) is 19.4. The van der Waals surface area contributed by atoms with Gasteiger partial charge in [-0.1, -0.05) is 11.6 Å². The summed E-state index contributed by atoms with van der Waals surface area (Å²) in [7, 11) is 1.52. The number of hydrogen-bond acceptors (Lipinski definition) is 5. The standard InChI is InChI=1S/C18H13ClF2N4O2/c1-27-16-5-3-11(7-12(16)19)24-17-9-22-15(8-23-17)18(26)25-14-4-2-10(20)6-13(14)21/h2-9H,1H3,(H,23,24)(H,25,26). The molecule has 0 radical (unpaired) electrons. The number of amides is 1. The Morgan fingerprint density at radius 2 is 1.93 bits per heavy atom. The highest BCUT2D eigenvalue weighted by Crippen LogP contribution is 2.28. The molecule has 6 nitrogen and oxygen atoms in total. The second kappa shape index (κ2) is 7.96. The summed E-state index contributed by atoms with van der Waals surface area (Å²) < 4.78 is 31.6. The smallest absolute Gasteiger partial charge is 0.275 e. The number of aromatic nitrogens is 2. The Labute approximate surface area is 158 Å². The van der Waals surface area contributed by atoms with Crippen molar-refractivity contribution in [1.29, 1.82) is 0 Å². The number of ether oxygens (including phenoxy) is 1. The molecule has 0 bridgehead atoms. The van der Waals surface area contributed by atoms with Gasteiger partial charge in [0.15, 0.2) is 0 Å². The fourth-order valence-electron chi connectivity index (χ4n) is 2.18. The molecule has 1 heterocycles. The highest BCUT2D eigenvalue weighted by atomic mass is 35.5. The molecule has 0 saturated heterocycles. The molecule has 2 N–H and O–H groups in total. The molecule has 1 amide bonds. The van der Waals surface area contributed by atoms with Crippen molar-refractivity contribution in [2.45, 2.75) is 0 Å². The Morgan fingerprint density at radius 3 is 2.56 bits per heavy atom. The van der Waals surface area contributed by atoms with Crippen LogP contribution in [0.2, 0.25) is 5.02 Å². The van der Waals surface area contributed by atoms with Crippen molar-refractivity contribution in [3.8, 4) is 5.75 Å². The molecule has 0 unspecified atom stereocenters. The Hall–Kier alpha value is -3.26. The monoisotopic (exact) mass is 390 g/mol.